The van der Waals surface area contributed by atoms with Crippen LogP contribution in [0.4, 0.5) is 4.79 Å². The lowest BCUT2D eigenvalue weighted by Gasteiger charge is -2.22. The monoisotopic (exact) mass is 342 g/mol. The van der Waals surface area contributed by atoms with Gasteiger partial charge in [0.05, 0.1) is 0 Å². The van der Waals surface area contributed by atoms with Gasteiger partial charge in [-0.3, -0.25) is 4.79 Å². The summed E-state index contributed by atoms with van der Waals surface area (Å²) in [5.74, 6) is -0.847. The first kappa shape index (κ1) is 16.5. The second kappa shape index (κ2) is 8.58. The predicted octanol–water partition coefficient (Wildman–Crippen LogP) is 2.85. The Morgan fingerprint density at radius 1 is 1.35 bits per heavy atom. The predicted molar refractivity (Wildman–Crippen MR) is 80.5 cm³/mol. The topological polar surface area (TPSA) is 69.6 Å². The van der Waals surface area contributed by atoms with Crippen molar-refractivity contribution in [2.45, 2.75) is 26.3 Å². The number of carboxylic acids is 1. The molecule has 6 heteroatoms. The van der Waals surface area contributed by atoms with Gasteiger partial charge in [-0.1, -0.05) is 34.1 Å². The Morgan fingerprint density at radius 2 is 2.05 bits per heavy atom. The van der Waals surface area contributed by atoms with E-state index in [0.29, 0.717) is 26.1 Å². The summed E-state index contributed by atoms with van der Waals surface area (Å²) in [7, 11) is 0. The normalized spacial score (nSPS) is 10.1. The zero-order valence-corrected chi connectivity index (χ0v) is 13.0. The van der Waals surface area contributed by atoms with Crippen LogP contribution < -0.4 is 5.32 Å². The molecule has 1 rings (SSSR count). The Balaban J connectivity index is 2.47. The molecular weight excluding hydrogens is 324 g/mol. The fourth-order valence-corrected chi connectivity index (χ4v) is 2.12. The number of amides is 2. The zero-order valence-electron chi connectivity index (χ0n) is 11.4. The molecule has 0 aliphatic heterocycles. The summed E-state index contributed by atoms with van der Waals surface area (Å²) in [4.78, 5) is 24.1. The number of carbonyl (C=O) groups is 2. The van der Waals surface area contributed by atoms with E-state index >= 15 is 0 Å². The summed E-state index contributed by atoms with van der Waals surface area (Å²) in [6.45, 7) is 3.39. The minimum absolute atomic E-state index is 0.0661. The van der Waals surface area contributed by atoms with Crippen LogP contribution in [0.25, 0.3) is 0 Å². The molecule has 0 atom stereocenters. The van der Waals surface area contributed by atoms with Gasteiger partial charge in [0.2, 0.25) is 0 Å². The van der Waals surface area contributed by atoms with Crippen LogP contribution in [0.5, 0.6) is 0 Å². The minimum atomic E-state index is -0.847. The molecule has 110 valence electrons. The van der Waals surface area contributed by atoms with Crippen LogP contribution in [0.1, 0.15) is 25.3 Å². The summed E-state index contributed by atoms with van der Waals surface area (Å²) in [6, 6.07) is 7.58. The average Bonchev–Trinajstić information content (AvgIpc) is 2.42. The number of nitrogens with one attached hydrogen (secondary N) is 1. The van der Waals surface area contributed by atoms with Crippen LogP contribution in [0.2, 0.25) is 0 Å². The number of urea groups is 1. The second-order valence-corrected chi connectivity index (χ2v) is 5.19. The summed E-state index contributed by atoms with van der Waals surface area (Å²) in [5.41, 5.74) is 1.04. The molecule has 0 saturated heterocycles. The standard InChI is InChI=1S/C14H19BrN2O3/c1-2-17(10-11-6-3-4-7-12(11)15)14(20)16-9-5-8-13(18)19/h3-4,6-7H,2,5,8-10H2,1H3,(H,16,20)(H,18,19). The Hall–Kier alpha value is -1.56. The lowest BCUT2D eigenvalue weighted by molar-refractivity contribution is -0.137. The maximum Gasteiger partial charge on any atom is 0.317 e. The largest absolute Gasteiger partial charge is 0.481 e. The molecule has 0 bridgehead atoms. The average molecular weight is 343 g/mol. The molecular formula is C14H19BrN2O3. The maximum atomic E-state index is 12.0. The molecule has 0 heterocycles. The fourth-order valence-electron chi connectivity index (χ4n) is 1.71. The third kappa shape index (κ3) is 5.61. The van der Waals surface area contributed by atoms with Gasteiger partial charge in [0.15, 0.2) is 0 Å². The Labute approximate surface area is 127 Å². The van der Waals surface area contributed by atoms with Gasteiger partial charge < -0.3 is 15.3 Å². The van der Waals surface area contributed by atoms with Crippen molar-refractivity contribution < 1.29 is 14.7 Å². The van der Waals surface area contributed by atoms with Crippen molar-refractivity contribution in [2.75, 3.05) is 13.1 Å². The molecule has 0 unspecified atom stereocenters. The van der Waals surface area contributed by atoms with Crippen molar-refractivity contribution in [1.29, 1.82) is 0 Å². The summed E-state index contributed by atoms with van der Waals surface area (Å²) in [5, 5.41) is 11.3. The third-order valence-electron chi connectivity index (χ3n) is 2.83. The molecule has 1 aromatic carbocycles. The summed E-state index contributed by atoms with van der Waals surface area (Å²) < 4.78 is 0.970. The summed E-state index contributed by atoms with van der Waals surface area (Å²) in [6.07, 6.45) is 0.504. The number of carbonyl (C=O) groups excluding carboxylic acids is 1. The highest BCUT2D eigenvalue weighted by Crippen LogP contribution is 2.17. The first-order valence-corrected chi connectivity index (χ1v) is 7.32. The maximum absolute atomic E-state index is 12.0. The number of aliphatic carboxylic acids is 1. The van der Waals surface area contributed by atoms with Gasteiger partial charge in [-0.05, 0) is 25.0 Å². The van der Waals surface area contributed by atoms with Crippen molar-refractivity contribution >= 4 is 27.9 Å². The first-order valence-electron chi connectivity index (χ1n) is 6.52. The van der Waals surface area contributed by atoms with Crippen molar-refractivity contribution in [3.8, 4) is 0 Å². The highest BCUT2D eigenvalue weighted by molar-refractivity contribution is 9.10. The molecule has 0 saturated carbocycles. The molecule has 0 fully saturated rings. The van der Waals surface area contributed by atoms with Crippen LogP contribution in [-0.4, -0.2) is 35.1 Å². The van der Waals surface area contributed by atoms with Crippen molar-refractivity contribution in [3.63, 3.8) is 0 Å². The van der Waals surface area contributed by atoms with E-state index in [1.165, 1.54) is 0 Å². The van der Waals surface area contributed by atoms with Gasteiger partial charge in [0, 0.05) is 30.5 Å². The van der Waals surface area contributed by atoms with E-state index in [1.807, 2.05) is 31.2 Å². The van der Waals surface area contributed by atoms with Crippen LogP contribution in [-0.2, 0) is 11.3 Å². The Bertz CT molecular complexity index is 465. The third-order valence-corrected chi connectivity index (χ3v) is 3.61. The van der Waals surface area contributed by atoms with Crippen LogP contribution >= 0.6 is 15.9 Å². The van der Waals surface area contributed by atoms with E-state index in [9.17, 15) is 9.59 Å². The molecule has 0 radical (unpaired) electrons. The number of halogens is 1. The van der Waals surface area contributed by atoms with Crippen LogP contribution in [0.3, 0.4) is 0 Å². The van der Waals surface area contributed by atoms with Gasteiger partial charge >= 0.3 is 12.0 Å². The molecule has 2 N–H and O–H groups in total. The van der Waals surface area contributed by atoms with Gasteiger partial charge in [-0.25, -0.2) is 4.79 Å². The van der Waals surface area contributed by atoms with Gasteiger partial charge in [0.1, 0.15) is 0 Å². The molecule has 0 aliphatic carbocycles. The van der Waals surface area contributed by atoms with Crippen LogP contribution in [0.15, 0.2) is 28.7 Å². The smallest absolute Gasteiger partial charge is 0.317 e. The fraction of sp³-hybridized carbons (Fsp3) is 0.429. The Morgan fingerprint density at radius 3 is 2.65 bits per heavy atom. The van der Waals surface area contributed by atoms with Crippen molar-refractivity contribution in [2.24, 2.45) is 0 Å². The number of carboxylic acid groups (broad SMARTS) is 1. The van der Waals surface area contributed by atoms with E-state index < -0.39 is 5.97 Å². The van der Waals surface area contributed by atoms with E-state index in [2.05, 4.69) is 21.2 Å². The molecule has 0 aromatic heterocycles. The van der Waals surface area contributed by atoms with E-state index in [0.717, 1.165) is 10.0 Å². The van der Waals surface area contributed by atoms with Gasteiger partial charge in [0.25, 0.3) is 0 Å². The van der Waals surface area contributed by atoms with E-state index in [4.69, 9.17) is 5.11 Å². The molecule has 2 amide bonds. The quantitative estimate of drug-likeness (QED) is 0.748. The number of benzene rings is 1. The van der Waals surface area contributed by atoms with E-state index in [-0.39, 0.29) is 12.5 Å². The molecule has 1 aromatic rings. The lowest BCUT2D eigenvalue weighted by atomic mass is 10.2. The molecule has 0 spiro atoms. The lowest BCUT2D eigenvalue weighted by Crippen LogP contribution is -2.39. The number of hydrogen-bond donors (Lipinski definition) is 2. The molecule has 0 aliphatic rings. The number of nitrogens with zero attached hydrogens (tertiary/aromatic N) is 1. The van der Waals surface area contributed by atoms with E-state index in [1.54, 1.807) is 4.90 Å². The summed E-state index contributed by atoms with van der Waals surface area (Å²) >= 11 is 3.46. The highest BCUT2D eigenvalue weighted by Gasteiger charge is 2.12. The van der Waals surface area contributed by atoms with Crippen LogP contribution in [0, 0.1) is 0 Å². The number of rotatable bonds is 7. The number of hydrogen-bond acceptors (Lipinski definition) is 2. The van der Waals surface area contributed by atoms with Crippen molar-refractivity contribution in [1.82, 2.24) is 10.2 Å². The van der Waals surface area contributed by atoms with Gasteiger partial charge in [-0.15, -0.1) is 0 Å². The minimum Gasteiger partial charge on any atom is -0.481 e. The van der Waals surface area contributed by atoms with Crippen molar-refractivity contribution in [3.05, 3.63) is 34.3 Å². The SMILES string of the molecule is CCN(Cc1ccccc1Br)C(=O)NCCCC(=O)O. The highest BCUT2D eigenvalue weighted by atomic mass is 79.9. The second-order valence-electron chi connectivity index (χ2n) is 4.33. The zero-order chi connectivity index (χ0) is 15.0. The molecule has 5 nitrogen and oxygen atoms in total. The van der Waals surface area contributed by atoms with Gasteiger partial charge in [-0.2, -0.15) is 0 Å². The molecule has 20 heavy (non-hydrogen) atoms. The Kier molecular flexibility index (Phi) is 7.08. The first-order chi connectivity index (χ1) is 9.54.